The van der Waals surface area contributed by atoms with Crippen LogP contribution in [0, 0.1) is 6.92 Å². The number of carbonyl (C=O) groups is 1. The van der Waals surface area contributed by atoms with Gasteiger partial charge >= 0.3 is 0 Å². The molecule has 8 heteroatoms. The number of anilines is 1. The molecule has 27 heavy (non-hydrogen) atoms. The lowest BCUT2D eigenvalue weighted by Gasteiger charge is -2.16. The van der Waals surface area contributed by atoms with Crippen molar-refractivity contribution in [1.82, 2.24) is 20.0 Å². The fourth-order valence-corrected chi connectivity index (χ4v) is 2.78. The van der Waals surface area contributed by atoms with E-state index in [2.05, 4.69) is 20.6 Å². The zero-order valence-electron chi connectivity index (χ0n) is 15.7. The molecule has 0 aliphatic carbocycles. The predicted octanol–water partition coefficient (Wildman–Crippen LogP) is 2.79. The third kappa shape index (κ3) is 4.47. The third-order valence-corrected chi connectivity index (χ3v) is 4.03. The minimum absolute atomic E-state index is 0.222. The van der Waals surface area contributed by atoms with Gasteiger partial charge in [-0.15, -0.1) is 5.10 Å². The maximum absolute atomic E-state index is 12.6. The van der Waals surface area contributed by atoms with Gasteiger partial charge in [-0.25, -0.2) is 4.68 Å². The highest BCUT2D eigenvalue weighted by Gasteiger charge is 2.16. The van der Waals surface area contributed by atoms with Crippen LogP contribution in [-0.2, 0) is 16.0 Å². The van der Waals surface area contributed by atoms with Crippen molar-refractivity contribution in [1.29, 1.82) is 0 Å². The summed E-state index contributed by atoms with van der Waals surface area (Å²) in [5.74, 6) is -0.334. The molecule has 0 aliphatic rings. The molecular formula is C19H23N5O3. The van der Waals surface area contributed by atoms with E-state index in [0.717, 1.165) is 16.5 Å². The maximum atomic E-state index is 12.6. The summed E-state index contributed by atoms with van der Waals surface area (Å²) in [4.78, 5) is 17.0. The van der Waals surface area contributed by atoms with E-state index < -0.39 is 6.29 Å². The number of amides is 1. The molecule has 0 saturated heterocycles. The summed E-state index contributed by atoms with van der Waals surface area (Å²) >= 11 is 0. The van der Waals surface area contributed by atoms with E-state index in [1.807, 2.05) is 45.0 Å². The van der Waals surface area contributed by atoms with Crippen molar-refractivity contribution in [2.24, 2.45) is 0 Å². The van der Waals surface area contributed by atoms with Crippen LogP contribution in [0.3, 0.4) is 0 Å². The lowest BCUT2D eigenvalue weighted by molar-refractivity contribution is -0.145. The monoisotopic (exact) mass is 369 g/mol. The summed E-state index contributed by atoms with van der Waals surface area (Å²) in [6.07, 6.45) is 2.89. The van der Waals surface area contributed by atoms with Gasteiger partial charge in [0.2, 0.25) is 0 Å². The number of pyridine rings is 1. The van der Waals surface area contributed by atoms with Crippen molar-refractivity contribution in [2.75, 3.05) is 18.5 Å². The average Bonchev–Trinajstić information content (AvgIpc) is 3.13. The molecule has 0 aliphatic heterocycles. The van der Waals surface area contributed by atoms with Gasteiger partial charge in [-0.2, -0.15) is 0 Å². The van der Waals surface area contributed by atoms with Crippen LogP contribution in [0.4, 0.5) is 5.69 Å². The summed E-state index contributed by atoms with van der Waals surface area (Å²) in [5, 5.41) is 11.7. The number of benzene rings is 1. The Balaban J connectivity index is 1.74. The van der Waals surface area contributed by atoms with E-state index in [1.165, 1.54) is 0 Å². The van der Waals surface area contributed by atoms with Gasteiger partial charge in [0.1, 0.15) is 0 Å². The summed E-state index contributed by atoms with van der Waals surface area (Å²) in [6.45, 7) is 7.20. The first kappa shape index (κ1) is 18.9. The molecule has 3 rings (SSSR count). The topological polar surface area (TPSA) is 91.2 Å². The van der Waals surface area contributed by atoms with E-state index in [4.69, 9.17) is 9.47 Å². The van der Waals surface area contributed by atoms with Gasteiger partial charge in [0, 0.05) is 24.8 Å². The molecule has 2 heterocycles. The van der Waals surface area contributed by atoms with E-state index in [0.29, 0.717) is 25.4 Å². The number of nitrogens with zero attached hydrogens (tertiary/aromatic N) is 4. The normalized spacial score (nSPS) is 11.3. The summed E-state index contributed by atoms with van der Waals surface area (Å²) in [7, 11) is 0. The smallest absolute Gasteiger partial charge is 0.277 e. The molecule has 8 nitrogen and oxygen atoms in total. The molecular weight excluding hydrogens is 346 g/mol. The van der Waals surface area contributed by atoms with Crippen molar-refractivity contribution in [3.8, 4) is 0 Å². The zero-order valence-corrected chi connectivity index (χ0v) is 15.7. The molecule has 0 spiro atoms. The summed E-state index contributed by atoms with van der Waals surface area (Å²) in [5.41, 5.74) is 2.81. The van der Waals surface area contributed by atoms with Crippen LogP contribution in [0.2, 0.25) is 0 Å². The van der Waals surface area contributed by atoms with Gasteiger partial charge in [-0.05, 0) is 44.5 Å². The Kier molecular flexibility index (Phi) is 6.10. The Labute approximate surface area is 157 Å². The standard InChI is InChI=1S/C19H23N5O3/c1-4-26-17(27-5-2)12-24-11-16(22-23-24)19(25)21-15-9-8-13(3)18-14(15)7-6-10-20-18/h6-11,17H,4-5,12H2,1-3H3,(H,21,25). The van der Waals surface area contributed by atoms with Gasteiger partial charge in [0.05, 0.1) is 23.9 Å². The molecule has 3 aromatic rings. The highest BCUT2D eigenvalue weighted by Crippen LogP contribution is 2.24. The molecule has 2 aromatic heterocycles. The van der Waals surface area contributed by atoms with Crippen molar-refractivity contribution in [2.45, 2.75) is 33.6 Å². The fraction of sp³-hybridized carbons (Fsp3) is 0.368. The van der Waals surface area contributed by atoms with Gasteiger partial charge in [-0.1, -0.05) is 11.3 Å². The molecule has 142 valence electrons. The molecule has 0 fully saturated rings. The second kappa shape index (κ2) is 8.70. The minimum Gasteiger partial charge on any atom is -0.351 e. The van der Waals surface area contributed by atoms with Gasteiger partial charge in [0.15, 0.2) is 12.0 Å². The second-order valence-corrected chi connectivity index (χ2v) is 5.95. The number of aryl methyl sites for hydroxylation is 1. The fourth-order valence-electron chi connectivity index (χ4n) is 2.78. The number of aromatic nitrogens is 4. The van der Waals surface area contributed by atoms with Crippen molar-refractivity contribution in [3.63, 3.8) is 0 Å². The lowest BCUT2D eigenvalue weighted by atomic mass is 10.1. The first-order chi connectivity index (χ1) is 13.1. The highest BCUT2D eigenvalue weighted by molar-refractivity contribution is 6.07. The van der Waals surface area contributed by atoms with Gasteiger partial charge < -0.3 is 14.8 Å². The van der Waals surface area contributed by atoms with Crippen LogP contribution >= 0.6 is 0 Å². The SMILES string of the molecule is CCOC(Cn1cc(C(=O)Nc2ccc(C)c3ncccc23)nn1)OCC. The number of hydrogen-bond acceptors (Lipinski definition) is 6. The highest BCUT2D eigenvalue weighted by atomic mass is 16.7. The number of rotatable bonds is 8. The van der Waals surface area contributed by atoms with Crippen molar-refractivity contribution in [3.05, 3.63) is 47.9 Å². The molecule has 1 aromatic carbocycles. The molecule has 1 amide bonds. The Morgan fingerprint density at radius 2 is 2.00 bits per heavy atom. The second-order valence-electron chi connectivity index (χ2n) is 5.95. The number of ether oxygens (including phenoxy) is 2. The van der Waals surface area contributed by atoms with Gasteiger partial charge in [0.25, 0.3) is 5.91 Å². The predicted molar refractivity (Wildman–Crippen MR) is 101 cm³/mol. The molecule has 1 N–H and O–H groups in total. The quantitative estimate of drug-likeness (QED) is 0.614. The Morgan fingerprint density at radius 1 is 1.22 bits per heavy atom. The number of carbonyl (C=O) groups excluding carboxylic acids is 1. The van der Waals surface area contributed by atoms with E-state index >= 15 is 0 Å². The lowest BCUT2D eigenvalue weighted by Crippen LogP contribution is -2.24. The largest absolute Gasteiger partial charge is 0.351 e. The molecule has 0 saturated carbocycles. The summed E-state index contributed by atoms with van der Waals surface area (Å²) in [6, 6.07) is 7.56. The zero-order chi connectivity index (χ0) is 19.2. The maximum Gasteiger partial charge on any atom is 0.277 e. The van der Waals surface area contributed by atoms with Crippen LogP contribution in [0.25, 0.3) is 10.9 Å². The number of fused-ring (bicyclic) bond motifs is 1. The first-order valence-corrected chi connectivity index (χ1v) is 8.91. The van der Waals surface area contributed by atoms with E-state index in [-0.39, 0.29) is 11.6 Å². The Bertz CT molecular complexity index is 919. The van der Waals surface area contributed by atoms with Crippen LogP contribution in [-0.4, -0.2) is 45.4 Å². The Hall–Kier alpha value is -2.84. The summed E-state index contributed by atoms with van der Waals surface area (Å²) < 4.78 is 12.5. The molecule has 0 radical (unpaired) electrons. The van der Waals surface area contributed by atoms with Crippen molar-refractivity contribution < 1.29 is 14.3 Å². The van der Waals surface area contributed by atoms with Crippen LogP contribution in [0.15, 0.2) is 36.7 Å². The molecule has 0 unspecified atom stereocenters. The van der Waals surface area contributed by atoms with Gasteiger partial charge in [-0.3, -0.25) is 9.78 Å². The van der Waals surface area contributed by atoms with E-state index in [9.17, 15) is 4.79 Å². The Morgan fingerprint density at radius 3 is 2.74 bits per heavy atom. The van der Waals surface area contributed by atoms with Crippen molar-refractivity contribution >= 4 is 22.5 Å². The van der Waals surface area contributed by atoms with E-state index in [1.54, 1.807) is 17.1 Å². The average molecular weight is 369 g/mol. The van der Waals surface area contributed by atoms with Crippen LogP contribution in [0.1, 0.15) is 29.9 Å². The van der Waals surface area contributed by atoms with Crippen LogP contribution in [0.5, 0.6) is 0 Å². The number of hydrogen-bond donors (Lipinski definition) is 1. The first-order valence-electron chi connectivity index (χ1n) is 8.91. The van der Waals surface area contributed by atoms with Crippen LogP contribution < -0.4 is 5.32 Å². The number of nitrogens with one attached hydrogen (secondary N) is 1. The molecule has 0 bridgehead atoms. The third-order valence-electron chi connectivity index (χ3n) is 4.03. The molecule has 0 atom stereocenters. The minimum atomic E-state index is -0.426.